The van der Waals surface area contributed by atoms with Gasteiger partial charge in [-0.25, -0.2) is 23.0 Å². The van der Waals surface area contributed by atoms with Crippen LogP contribution in [0.4, 0.5) is 29.5 Å². The number of nitrogens with zero attached hydrogens (tertiary/aromatic N) is 2. The summed E-state index contributed by atoms with van der Waals surface area (Å²) in [4.78, 5) is 26.9. The summed E-state index contributed by atoms with van der Waals surface area (Å²) in [6.45, 7) is 1.51. The molecule has 1 aromatic heterocycles. The highest BCUT2D eigenvalue weighted by atomic mass is 32.2. The maximum Gasteiger partial charge on any atom is 0.490 e. The second-order valence-corrected chi connectivity index (χ2v) is 8.31. The highest BCUT2D eigenvalue weighted by Crippen LogP contribution is 2.18. The molecule has 0 aliphatic carbocycles. The van der Waals surface area contributed by atoms with Gasteiger partial charge in [0, 0.05) is 25.0 Å². The van der Waals surface area contributed by atoms with Crippen LogP contribution in [0.2, 0.25) is 0 Å². The molecule has 3 rings (SSSR count). The third-order valence-electron chi connectivity index (χ3n) is 4.21. The fourth-order valence-corrected chi connectivity index (χ4v) is 3.64. The van der Waals surface area contributed by atoms with Crippen molar-refractivity contribution < 1.29 is 36.3 Å². The Morgan fingerprint density at radius 2 is 1.59 bits per heavy atom. The standard InChI is InChI=1S/C17H20N4O3S.C2HF3O2/c22-17(21-12-4-1-5-13-21)19-14-7-9-15(10-8-14)25(23,24)20-16-6-2-3-11-18-16;3-2(4,5)1(6)7/h2-3,6-11H,1,4-5,12-13H2,(H,18,20)(H,19,22);(H,6,7). The highest BCUT2D eigenvalue weighted by molar-refractivity contribution is 7.92. The zero-order valence-corrected chi connectivity index (χ0v) is 17.5. The molecule has 0 bridgehead atoms. The van der Waals surface area contributed by atoms with Gasteiger partial charge in [-0.15, -0.1) is 0 Å². The van der Waals surface area contributed by atoms with Crippen LogP contribution in [0.15, 0.2) is 53.6 Å². The Kier molecular flexibility index (Phi) is 8.41. The van der Waals surface area contributed by atoms with Gasteiger partial charge in [-0.3, -0.25) is 4.72 Å². The van der Waals surface area contributed by atoms with Crippen molar-refractivity contribution in [2.45, 2.75) is 30.3 Å². The zero-order chi connectivity index (χ0) is 23.8. The Morgan fingerprint density at radius 1 is 1.00 bits per heavy atom. The van der Waals surface area contributed by atoms with Gasteiger partial charge in [-0.05, 0) is 55.7 Å². The molecule has 2 heterocycles. The van der Waals surface area contributed by atoms with Crippen molar-refractivity contribution in [1.82, 2.24) is 9.88 Å². The normalized spacial score (nSPS) is 14.0. The largest absolute Gasteiger partial charge is 0.490 e. The Morgan fingerprint density at radius 3 is 2.09 bits per heavy atom. The molecule has 0 saturated carbocycles. The summed E-state index contributed by atoms with van der Waals surface area (Å²) in [6.07, 6.45) is -0.385. The van der Waals surface area contributed by atoms with Gasteiger partial charge in [0.05, 0.1) is 4.90 Å². The Balaban J connectivity index is 0.000000451. The number of aliphatic carboxylic acids is 1. The number of pyridine rings is 1. The lowest BCUT2D eigenvalue weighted by Gasteiger charge is -2.26. The Bertz CT molecular complexity index is 1010. The van der Waals surface area contributed by atoms with Crippen LogP contribution in [-0.4, -0.2) is 54.7 Å². The first kappa shape index (κ1) is 24.9. The molecule has 0 spiro atoms. The minimum Gasteiger partial charge on any atom is -0.475 e. The van der Waals surface area contributed by atoms with E-state index >= 15 is 0 Å². The first-order valence-electron chi connectivity index (χ1n) is 9.39. The summed E-state index contributed by atoms with van der Waals surface area (Å²) in [6, 6.07) is 10.9. The molecule has 9 nitrogen and oxygen atoms in total. The van der Waals surface area contributed by atoms with E-state index in [-0.39, 0.29) is 16.7 Å². The number of halogens is 3. The number of carboxylic acids is 1. The number of aromatic nitrogens is 1. The number of hydrogen-bond donors (Lipinski definition) is 3. The van der Waals surface area contributed by atoms with Gasteiger partial charge >= 0.3 is 18.2 Å². The predicted octanol–water partition coefficient (Wildman–Crippen LogP) is 3.53. The van der Waals surface area contributed by atoms with Crippen LogP contribution < -0.4 is 10.0 Å². The van der Waals surface area contributed by atoms with Crippen molar-refractivity contribution >= 4 is 33.5 Å². The molecule has 0 unspecified atom stereocenters. The van der Waals surface area contributed by atoms with E-state index in [9.17, 15) is 26.4 Å². The van der Waals surface area contributed by atoms with Crippen LogP contribution >= 0.6 is 0 Å². The number of carboxylic acid groups (broad SMARTS) is 1. The highest BCUT2D eigenvalue weighted by Gasteiger charge is 2.38. The minimum atomic E-state index is -5.08. The van der Waals surface area contributed by atoms with Crippen LogP contribution in [0.3, 0.4) is 0 Å². The van der Waals surface area contributed by atoms with Crippen LogP contribution in [0, 0.1) is 0 Å². The lowest BCUT2D eigenvalue weighted by atomic mass is 10.1. The molecule has 2 amide bonds. The Labute approximate surface area is 182 Å². The molecule has 2 aromatic rings. The number of nitrogens with one attached hydrogen (secondary N) is 2. The number of sulfonamides is 1. The maximum absolute atomic E-state index is 12.3. The first-order chi connectivity index (χ1) is 15.0. The van der Waals surface area contributed by atoms with Crippen molar-refractivity contribution in [3.05, 3.63) is 48.7 Å². The van der Waals surface area contributed by atoms with E-state index in [4.69, 9.17) is 9.90 Å². The smallest absolute Gasteiger partial charge is 0.475 e. The topological polar surface area (TPSA) is 129 Å². The summed E-state index contributed by atoms with van der Waals surface area (Å²) < 4.78 is 58.8. The molecule has 3 N–H and O–H groups in total. The van der Waals surface area contributed by atoms with E-state index in [1.54, 1.807) is 35.2 Å². The van der Waals surface area contributed by atoms with E-state index in [2.05, 4.69) is 15.0 Å². The molecular weight excluding hydrogens is 453 g/mol. The van der Waals surface area contributed by atoms with Gasteiger partial charge in [0.1, 0.15) is 5.82 Å². The number of alkyl halides is 3. The summed E-state index contributed by atoms with van der Waals surface area (Å²) in [7, 11) is -3.71. The van der Waals surface area contributed by atoms with E-state index in [0.29, 0.717) is 5.69 Å². The molecule has 32 heavy (non-hydrogen) atoms. The number of rotatable bonds is 4. The number of likely N-dealkylation sites (tertiary alicyclic amines) is 1. The molecule has 0 atom stereocenters. The van der Waals surface area contributed by atoms with E-state index in [0.717, 1.165) is 32.4 Å². The fourth-order valence-electron chi connectivity index (χ4n) is 2.64. The first-order valence-corrected chi connectivity index (χ1v) is 10.9. The van der Waals surface area contributed by atoms with Gasteiger partial charge in [-0.2, -0.15) is 13.2 Å². The number of carbonyl (C=O) groups excluding carboxylic acids is 1. The lowest BCUT2D eigenvalue weighted by molar-refractivity contribution is -0.192. The van der Waals surface area contributed by atoms with Crippen molar-refractivity contribution in [3.63, 3.8) is 0 Å². The third-order valence-corrected chi connectivity index (χ3v) is 5.58. The van der Waals surface area contributed by atoms with E-state index in [1.165, 1.54) is 18.3 Å². The Hall–Kier alpha value is -3.35. The average Bonchev–Trinajstić information content (AvgIpc) is 2.75. The molecular formula is C19H21F3N4O5S. The molecule has 1 aliphatic rings. The molecule has 1 aromatic carbocycles. The quantitative estimate of drug-likeness (QED) is 0.622. The van der Waals surface area contributed by atoms with Crippen LogP contribution in [0.1, 0.15) is 19.3 Å². The summed E-state index contributed by atoms with van der Waals surface area (Å²) >= 11 is 0. The molecule has 0 radical (unpaired) electrons. The van der Waals surface area contributed by atoms with Crippen molar-refractivity contribution in [1.29, 1.82) is 0 Å². The second kappa shape index (κ2) is 10.8. The van der Waals surface area contributed by atoms with E-state index < -0.39 is 22.2 Å². The third kappa shape index (κ3) is 7.72. The number of benzene rings is 1. The monoisotopic (exact) mass is 474 g/mol. The number of anilines is 2. The van der Waals surface area contributed by atoms with Crippen LogP contribution in [-0.2, 0) is 14.8 Å². The van der Waals surface area contributed by atoms with Crippen LogP contribution in [0.5, 0.6) is 0 Å². The molecule has 13 heteroatoms. The predicted molar refractivity (Wildman–Crippen MR) is 110 cm³/mol. The SMILES string of the molecule is O=C(Nc1ccc(S(=O)(=O)Nc2ccccn2)cc1)N1CCCCC1.O=C(O)C(F)(F)F. The number of hydrogen-bond acceptors (Lipinski definition) is 5. The van der Waals surface area contributed by atoms with Gasteiger partial charge < -0.3 is 15.3 Å². The minimum absolute atomic E-state index is 0.106. The fraction of sp³-hybridized carbons (Fsp3) is 0.316. The van der Waals surface area contributed by atoms with Crippen LogP contribution in [0.25, 0.3) is 0 Å². The molecule has 1 saturated heterocycles. The number of amides is 2. The molecule has 174 valence electrons. The molecule has 1 fully saturated rings. The number of carbonyl (C=O) groups is 2. The van der Waals surface area contributed by atoms with Crippen molar-refractivity contribution in [2.75, 3.05) is 23.1 Å². The second-order valence-electron chi connectivity index (χ2n) is 6.63. The maximum atomic E-state index is 12.3. The summed E-state index contributed by atoms with van der Waals surface area (Å²) in [5.41, 5.74) is 0.562. The van der Waals surface area contributed by atoms with Gasteiger partial charge in [0.2, 0.25) is 0 Å². The lowest BCUT2D eigenvalue weighted by Crippen LogP contribution is -2.38. The summed E-state index contributed by atoms with van der Waals surface area (Å²) in [5, 5.41) is 9.92. The van der Waals surface area contributed by atoms with Crippen molar-refractivity contribution in [3.8, 4) is 0 Å². The zero-order valence-electron chi connectivity index (χ0n) is 16.7. The van der Waals surface area contributed by atoms with Crippen molar-refractivity contribution in [2.24, 2.45) is 0 Å². The van der Waals surface area contributed by atoms with Gasteiger partial charge in [0.15, 0.2) is 0 Å². The molecule has 1 aliphatic heterocycles. The summed E-state index contributed by atoms with van der Waals surface area (Å²) in [5.74, 6) is -2.50. The van der Waals surface area contributed by atoms with Gasteiger partial charge in [-0.1, -0.05) is 6.07 Å². The number of piperidine rings is 1. The van der Waals surface area contributed by atoms with E-state index in [1.807, 2.05) is 0 Å². The average molecular weight is 474 g/mol. The van der Waals surface area contributed by atoms with Gasteiger partial charge in [0.25, 0.3) is 10.0 Å². The number of urea groups is 1.